The molecule has 19 heavy (non-hydrogen) atoms. The number of hydrogen-bond donors (Lipinski definition) is 0. The van der Waals surface area contributed by atoms with Gasteiger partial charge in [-0.2, -0.15) is 0 Å². The number of aryl methyl sites for hydroxylation is 1. The van der Waals surface area contributed by atoms with Gasteiger partial charge in [-0.1, -0.05) is 13.3 Å². The summed E-state index contributed by atoms with van der Waals surface area (Å²) < 4.78 is 25.8. The molecule has 0 aromatic carbocycles. The minimum atomic E-state index is -3.24. The molecule has 5 heteroatoms. The zero-order valence-corrected chi connectivity index (χ0v) is 12.1. The van der Waals surface area contributed by atoms with Gasteiger partial charge in [0.25, 0.3) is 0 Å². The molecule has 0 radical (unpaired) electrons. The standard InChI is InChI=1S/C14H18N2O2S/c1-3-4-12-9-16-8-11(10-5-6-10)7-13(14(16)15-12)19(2,17)18/h7-10H,3-6H2,1-2H3. The second-order valence-corrected chi connectivity index (χ2v) is 7.38. The molecule has 2 heterocycles. The van der Waals surface area contributed by atoms with E-state index in [-0.39, 0.29) is 0 Å². The average Bonchev–Trinajstić information content (AvgIpc) is 3.08. The lowest BCUT2D eigenvalue weighted by atomic mass is 10.2. The van der Waals surface area contributed by atoms with Crippen LogP contribution in [0, 0.1) is 0 Å². The van der Waals surface area contributed by atoms with E-state index in [9.17, 15) is 8.42 Å². The van der Waals surface area contributed by atoms with Crippen LogP contribution in [-0.2, 0) is 16.3 Å². The topological polar surface area (TPSA) is 51.4 Å². The van der Waals surface area contributed by atoms with Crippen molar-refractivity contribution in [2.45, 2.75) is 43.4 Å². The number of hydrogen-bond acceptors (Lipinski definition) is 3. The Kier molecular flexibility index (Phi) is 2.89. The second kappa shape index (κ2) is 4.34. The smallest absolute Gasteiger partial charge is 0.179 e. The minimum Gasteiger partial charge on any atom is -0.305 e. The molecule has 0 saturated heterocycles. The summed E-state index contributed by atoms with van der Waals surface area (Å²) in [6.07, 6.45) is 9.45. The first kappa shape index (κ1) is 12.7. The molecular weight excluding hydrogens is 260 g/mol. The third kappa shape index (κ3) is 2.39. The van der Waals surface area contributed by atoms with Crippen LogP contribution in [0.5, 0.6) is 0 Å². The SMILES string of the molecule is CCCc1cn2cc(C3CC3)cc(S(C)(=O)=O)c2n1. The quantitative estimate of drug-likeness (QED) is 0.863. The van der Waals surface area contributed by atoms with Crippen LogP contribution in [0.25, 0.3) is 5.65 Å². The molecule has 0 atom stereocenters. The third-order valence-corrected chi connectivity index (χ3v) is 4.64. The summed E-state index contributed by atoms with van der Waals surface area (Å²) in [5, 5.41) is 0. The fourth-order valence-corrected chi connectivity index (χ4v) is 3.26. The fraction of sp³-hybridized carbons (Fsp3) is 0.500. The summed E-state index contributed by atoms with van der Waals surface area (Å²) in [7, 11) is -3.24. The lowest BCUT2D eigenvalue weighted by molar-refractivity contribution is 0.602. The summed E-state index contributed by atoms with van der Waals surface area (Å²) in [5.41, 5.74) is 2.64. The van der Waals surface area contributed by atoms with Crippen molar-refractivity contribution in [3.63, 3.8) is 0 Å². The van der Waals surface area contributed by atoms with E-state index in [0.717, 1.165) is 36.9 Å². The molecular formula is C14H18N2O2S. The molecule has 0 unspecified atom stereocenters. The van der Waals surface area contributed by atoms with Gasteiger partial charge in [-0.3, -0.25) is 0 Å². The maximum absolute atomic E-state index is 12.0. The van der Waals surface area contributed by atoms with E-state index in [0.29, 0.717) is 16.5 Å². The lowest BCUT2D eigenvalue weighted by Gasteiger charge is -2.05. The monoisotopic (exact) mass is 278 g/mol. The molecule has 4 nitrogen and oxygen atoms in total. The number of pyridine rings is 1. The van der Waals surface area contributed by atoms with Gasteiger partial charge in [-0.05, 0) is 36.8 Å². The summed E-state index contributed by atoms with van der Waals surface area (Å²) in [4.78, 5) is 4.83. The number of aromatic nitrogens is 2. The summed E-state index contributed by atoms with van der Waals surface area (Å²) >= 11 is 0. The highest BCUT2D eigenvalue weighted by Gasteiger charge is 2.26. The van der Waals surface area contributed by atoms with Crippen molar-refractivity contribution in [1.29, 1.82) is 0 Å². The zero-order valence-electron chi connectivity index (χ0n) is 11.3. The summed E-state index contributed by atoms with van der Waals surface area (Å²) in [5.74, 6) is 0.530. The van der Waals surface area contributed by atoms with Gasteiger partial charge in [0.1, 0.15) is 4.90 Å². The molecule has 0 N–H and O–H groups in total. The lowest BCUT2D eigenvalue weighted by Crippen LogP contribution is -2.02. The molecule has 0 amide bonds. The van der Waals surface area contributed by atoms with Crippen molar-refractivity contribution in [3.8, 4) is 0 Å². The van der Waals surface area contributed by atoms with Crippen molar-refractivity contribution in [2.75, 3.05) is 6.26 Å². The average molecular weight is 278 g/mol. The number of imidazole rings is 1. The van der Waals surface area contributed by atoms with E-state index in [2.05, 4.69) is 11.9 Å². The van der Waals surface area contributed by atoms with Crippen molar-refractivity contribution in [1.82, 2.24) is 9.38 Å². The Morgan fingerprint density at radius 1 is 1.37 bits per heavy atom. The van der Waals surface area contributed by atoms with Crippen LogP contribution in [0.4, 0.5) is 0 Å². The Morgan fingerprint density at radius 3 is 2.68 bits per heavy atom. The van der Waals surface area contributed by atoms with Gasteiger partial charge in [0.05, 0.1) is 5.69 Å². The van der Waals surface area contributed by atoms with Crippen molar-refractivity contribution >= 4 is 15.5 Å². The van der Waals surface area contributed by atoms with Crippen LogP contribution in [0.2, 0.25) is 0 Å². The van der Waals surface area contributed by atoms with Gasteiger partial charge in [0.15, 0.2) is 15.5 Å². The van der Waals surface area contributed by atoms with Crippen LogP contribution in [0.1, 0.15) is 43.4 Å². The highest BCUT2D eigenvalue weighted by atomic mass is 32.2. The van der Waals surface area contributed by atoms with E-state index < -0.39 is 9.84 Å². The van der Waals surface area contributed by atoms with Crippen LogP contribution < -0.4 is 0 Å². The predicted molar refractivity (Wildman–Crippen MR) is 74.3 cm³/mol. The van der Waals surface area contributed by atoms with Gasteiger partial charge >= 0.3 is 0 Å². The Hall–Kier alpha value is -1.36. The maximum atomic E-state index is 12.0. The van der Waals surface area contributed by atoms with Gasteiger partial charge in [-0.15, -0.1) is 0 Å². The van der Waals surface area contributed by atoms with Crippen LogP contribution >= 0.6 is 0 Å². The first-order valence-electron chi connectivity index (χ1n) is 6.70. The van der Waals surface area contributed by atoms with E-state index in [1.54, 1.807) is 0 Å². The molecule has 1 saturated carbocycles. The minimum absolute atomic E-state index is 0.360. The maximum Gasteiger partial charge on any atom is 0.179 e. The number of fused-ring (bicyclic) bond motifs is 1. The van der Waals surface area contributed by atoms with E-state index in [1.165, 1.54) is 6.26 Å². The number of nitrogens with zero attached hydrogens (tertiary/aromatic N) is 2. The van der Waals surface area contributed by atoms with Crippen LogP contribution in [0.15, 0.2) is 23.4 Å². The van der Waals surface area contributed by atoms with Crippen molar-refractivity contribution < 1.29 is 8.42 Å². The van der Waals surface area contributed by atoms with Crippen LogP contribution in [-0.4, -0.2) is 24.1 Å². The molecule has 3 rings (SSSR count). The largest absolute Gasteiger partial charge is 0.305 e. The van der Waals surface area contributed by atoms with Gasteiger partial charge in [0.2, 0.25) is 0 Å². The Bertz CT molecular complexity index is 727. The first-order chi connectivity index (χ1) is 8.99. The van der Waals surface area contributed by atoms with E-state index >= 15 is 0 Å². The molecule has 1 aliphatic carbocycles. The number of sulfone groups is 1. The molecule has 0 spiro atoms. The molecule has 1 fully saturated rings. The Morgan fingerprint density at radius 2 is 2.11 bits per heavy atom. The third-order valence-electron chi connectivity index (χ3n) is 3.54. The van der Waals surface area contributed by atoms with E-state index in [4.69, 9.17) is 0 Å². The molecule has 0 bridgehead atoms. The molecule has 2 aromatic heterocycles. The zero-order chi connectivity index (χ0) is 13.6. The predicted octanol–water partition coefficient (Wildman–Crippen LogP) is 2.57. The van der Waals surface area contributed by atoms with Crippen molar-refractivity contribution in [2.24, 2.45) is 0 Å². The Labute approximate surface area is 113 Å². The molecule has 0 aliphatic heterocycles. The second-order valence-electron chi connectivity index (χ2n) is 5.40. The highest BCUT2D eigenvalue weighted by molar-refractivity contribution is 7.91. The van der Waals surface area contributed by atoms with Gasteiger partial charge < -0.3 is 4.40 Å². The summed E-state index contributed by atoms with van der Waals surface area (Å²) in [6, 6.07) is 1.81. The Balaban J connectivity index is 2.24. The van der Waals surface area contributed by atoms with Gasteiger partial charge in [-0.25, -0.2) is 13.4 Å². The molecule has 1 aliphatic rings. The first-order valence-corrected chi connectivity index (χ1v) is 8.59. The normalized spacial score (nSPS) is 16.1. The number of rotatable bonds is 4. The summed E-state index contributed by atoms with van der Waals surface area (Å²) in [6.45, 7) is 2.09. The molecule has 2 aromatic rings. The van der Waals surface area contributed by atoms with Gasteiger partial charge in [0, 0.05) is 18.6 Å². The van der Waals surface area contributed by atoms with Crippen molar-refractivity contribution in [3.05, 3.63) is 29.7 Å². The van der Waals surface area contributed by atoms with Crippen LogP contribution in [0.3, 0.4) is 0 Å². The fourth-order valence-electron chi connectivity index (χ4n) is 2.43. The highest BCUT2D eigenvalue weighted by Crippen LogP contribution is 2.41. The van der Waals surface area contributed by atoms with E-state index in [1.807, 2.05) is 22.9 Å². The molecule has 102 valence electrons.